The van der Waals surface area contributed by atoms with E-state index in [9.17, 15) is 0 Å². The lowest BCUT2D eigenvalue weighted by molar-refractivity contribution is 0.205. The normalized spacial score (nSPS) is 21.8. The van der Waals surface area contributed by atoms with Crippen molar-refractivity contribution in [2.75, 3.05) is 31.1 Å². The van der Waals surface area contributed by atoms with E-state index in [1.165, 1.54) is 37.4 Å². The number of rotatable bonds is 5. The summed E-state index contributed by atoms with van der Waals surface area (Å²) in [4.78, 5) is 2.64. The maximum atomic E-state index is 3.68. The van der Waals surface area contributed by atoms with E-state index >= 15 is 0 Å². The molecule has 1 atom stereocenters. The van der Waals surface area contributed by atoms with Gasteiger partial charge in [0, 0.05) is 30.4 Å². The molecule has 0 saturated carbocycles. The summed E-state index contributed by atoms with van der Waals surface area (Å²) in [5, 5.41) is 3.68. The molecule has 96 valence electrons. The van der Waals surface area contributed by atoms with Gasteiger partial charge in [0.2, 0.25) is 0 Å². The molecule has 0 amide bonds. The summed E-state index contributed by atoms with van der Waals surface area (Å²) in [5.74, 6) is 2.65. The van der Waals surface area contributed by atoms with Crippen molar-refractivity contribution in [3.8, 4) is 0 Å². The van der Waals surface area contributed by atoms with E-state index in [0.29, 0.717) is 6.04 Å². The van der Waals surface area contributed by atoms with Crippen LogP contribution >= 0.6 is 11.8 Å². The van der Waals surface area contributed by atoms with E-state index in [1.54, 1.807) is 0 Å². The molecule has 1 aliphatic rings. The van der Waals surface area contributed by atoms with Gasteiger partial charge in [0.05, 0.1) is 0 Å². The van der Waals surface area contributed by atoms with Gasteiger partial charge in [0.1, 0.15) is 0 Å². The second-order valence-corrected chi connectivity index (χ2v) is 6.69. The first-order valence-electron chi connectivity index (χ1n) is 6.62. The van der Waals surface area contributed by atoms with Crippen LogP contribution in [0.1, 0.15) is 40.5 Å². The largest absolute Gasteiger partial charge is 0.310 e. The monoisotopic (exact) mass is 244 g/mol. The Morgan fingerprint density at radius 3 is 2.75 bits per heavy atom. The van der Waals surface area contributed by atoms with Crippen molar-refractivity contribution < 1.29 is 0 Å². The first-order valence-corrected chi connectivity index (χ1v) is 7.77. The molecule has 0 aromatic rings. The molecule has 1 N–H and O–H groups in total. The Bertz CT molecular complexity index is 186. The van der Waals surface area contributed by atoms with E-state index in [4.69, 9.17) is 0 Å². The smallest absolute Gasteiger partial charge is 0.0192 e. The van der Waals surface area contributed by atoms with Crippen molar-refractivity contribution in [2.24, 2.45) is 0 Å². The molecule has 0 bridgehead atoms. The van der Waals surface area contributed by atoms with Crippen molar-refractivity contribution >= 4 is 11.8 Å². The summed E-state index contributed by atoms with van der Waals surface area (Å²) >= 11 is 2.10. The first kappa shape index (κ1) is 14.3. The number of nitrogens with zero attached hydrogens (tertiary/aromatic N) is 1. The second-order valence-electron chi connectivity index (χ2n) is 5.47. The molecule has 0 aromatic carbocycles. The lowest BCUT2D eigenvalue weighted by Gasteiger charge is -2.32. The number of nitrogens with one attached hydrogen (secondary N) is 1. The number of thioether (sulfide) groups is 1. The zero-order chi connectivity index (χ0) is 12.0. The third-order valence-electron chi connectivity index (χ3n) is 3.64. The maximum Gasteiger partial charge on any atom is 0.0192 e. The number of hydrogen-bond acceptors (Lipinski definition) is 3. The average Bonchev–Trinajstić information content (AvgIpc) is 2.54. The molecular weight excluding hydrogens is 216 g/mol. The average molecular weight is 244 g/mol. The molecule has 1 rings (SSSR count). The topological polar surface area (TPSA) is 15.3 Å². The Hall–Kier alpha value is 0.270. The highest BCUT2D eigenvalue weighted by Crippen LogP contribution is 2.13. The predicted octanol–water partition coefficient (Wildman–Crippen LogP) is 2.59. The lowest BCUT2D eigenvalue weighted by Crippen LogP contribution is -2.48. The summed E-state index contributed by atoms with van der Waals surface area (Å²) < 4.78 is 0. The molecule has 1 fully saturated rings. The minimum absolute atomic E-state index is 0.287. The summed E-state index contributed by atoms with van der Waals surface area (Å²) in [7, 11) is 0. The Labute approximate surface area is 106 Å². The molecule has 1 unspecified atom stereocenters. The van der Waals surface area contributed by atoms with E-state index in [0.717, 1.165) is 6.54 Å². The molecule has 1 aliphatic heterocycles. The van der Waals surface area contributed by atoms with Gasteiger partial charge in [-0.15, -0.1) is 0 Å². The quantitative estimate of drug-likeness (QED) is 0.800. The van der Waals surface area contributed by atoms with Crippen LogP contribution in [0.2, 0.25) is 0 Å². The molecule has 1 heterocycles. The molecule has 1 saturated heterocycles. The SMILES string of the molecule is CCC(C)(C)NCC(C)N1CCCSCC1. The standard InChI is InChI=1S/C13H28N2S/c1-5-13(3,4)14-11-12(2)15-7-6-9-16-10-8-15/h12,14H,5-11H2,1-4H3. The van der Waals surface area contributed by atoms with Gasteiger partial charge in [0.25, 0.3) is 0 Å². The zero-order valence-corrected chi connectivity index (χ0v) is 12.2. The van der Waals surface area contributed by atoms with Gasteiger partial charge in [-0.3, -0.25) is 4.90 Å². The summed E-state index contributed by atoms with van der Waals surface area (Å²) in [6.07, 6.45) is 2.54. The lowest BCUT2D eigenvalue weighted by atomic mass is 10.0. The van der Waals surface area contributed by atoms with Crippen LogP contribution in [-0.2, 0) is 0 Å². The molecule has 16 heavy (non-hydrogen) atoms. The van der Waals surface area contributed by atoms with Gasteiger partial charge < -0.3 is 5.32 Å². The maximum absolute atomic E-state index is 3.68. The van der Waals surface area contributed by atoms with Gasteiger partial charge in [-0.05, 0) is 45.9 Å². The Kier molecular flexibility index (Phi) is 6.16. The van der Waals surface area contributed by atoms with E-state index in [2.05, 4.69) is 49.7 Å². The van der Waals surface area contributed by atoms with Gasteiger partial charge in [0.15, 0.2) is 0 Å². The van der Waals surface area contributed by atoms with Gasteiger partial charge in [-0.1, -0.05) is 6.92 Å². The highest BCUT2D eigenvalue weighted by Gasteiger charge is 2.19. The fourth-order valence-electron chi connectivity index (χ4n) is 1.88. The molecule has 2 nitrogen and oxygen atoms in total. The molecule has 0 radical (unpaired) electrons. The van der Waals surface area contributed by atoms with Crippen molar-refractivity contribution in [1.82, 2.24) is 10.2 Å². The third kappa shape index (κ3) is 5.07. The fraction of sp³-hybridized carbons (Fsp3) is 1.00. The van der Waals surface area contributed by atoms with Gasteiger partial charge >= 0.3 is 0 Å². The van der Waals surface area contributed by atoms with Crippen molar-refractivity contribution in [2.45, 2.75) is 52.1 Å². The van der Waals surface area contributed by atoms with Crippen molar-refractivity contribution in [3.63, 3.8) is 0 Å². The van der Waals surface area contributed by atoms with E-state index in [1.807, 2.05) is 0 Å². The molecule has 3 heteroatoms. The highest BCUT2D eigenvalue weighted by atomic mass is 32.2. The number of hydrogen-bond donors (Lipinski definition) is 1. The van der Waals surface area contributed by atoms with Crippen molar-refractivity contribution in [1.29, 1.82) is 0 Å². The minimum atomic E-state index is 0.287. The Balaban J connectivity index is 2.30. The van der Waals surface area contributed by atoms with Crippen LogP contribution in [0.15, 0.2) is 0 Å². The Morgan fingerprint density at radius 2 is 2.06 bits per heavy atom. The van der Waals surface area contributed by atoms with Crippen molar-refractivity contribution in [3.05, 3.63) is 0 Å². The van der Waals surface area contributed by atoms with Crippen LogP contribution in [0.4, 0.5) is 0 Å². The highest BCUT2D eigenvalue weighted by molar-refractivity contribution is 7.99. The first-order chi connectivity index (χ1) is 7.55. The summed E-state index contributed by atoms with van der Waals surface area (Å²) in [6.45, 7) is 12.8. The second kappa shape index (κ2) is 6.87. The zero-order valence-electron chi connectivity index (χ0n) is 11.4. The van der Waals surface area contributed by atoms with Crippen LogP contribution < -0.4 is 5.32 Å². The molecule has 0 aromatic heterocycles. The Morgan fingerprint density at radius 1 is 1.31 bits per heavy atom. The van der Waals surface area contributed by atoms with Crippen LogP contribution in [-0.4, -0.2) is 47.6 Å². The van der Waals surface area contributed by atoms with E-state index < -0.39 is 0 Å². The van der Waals surface area contributed by atoms with Gasteiger partial charge in [-0.2, -0.15) is 11.8 Å². The van der Waals surface area contributed by atoms with Gasteiger partial charge in [-0.25, -0.2) is 0 Å². The van der Waals surface area contributed by atoms with Crippen LogP contribution in [0.25, 0.3) is 0 Å². The summed E-state index contributed by atoms with van der Waals surface area (Å²) in [6, 6.07) is 0.671. The van der Waals surface area contributed by atoms with Crippen LogP contribution in [0, 0.1) is 0 Å². The third-order valence-corrected chi connectivity index (χ3v) is 4.69. The summed E-state index contributed by atoms with van der Waals surface area (Å²) in [5.41, 5.74) is 0.287. The predicted molar refractivity (Wildman–Crippen MR) is 75.3 cm³/mol. The van der Waals surface area contributed by atoms with E-state index in [-0.39, 0.29) is 5.54 Å². The fourth-order valence-corrected chi connectivity index (χ4v) is 2.79. The minimum Gasteiger partial charge on any atom is -0.310 e. The molecular formula is C13H28N2S. The van der Waals surface area contributed by atoms with Crippen LogP contribution in [0.3, 0.4) is 0 Å². The molecule has 0 spiro atoms. The molecule has 0 aliphatic carbocycles. The van der Waals surface area contributed by atoms with Crippen LogP contribution in [0.5, 0.6) is 0 Å².